The molecule has 2 aliphatic rings. The summed E-state index contributed by atoms with van der Waals surface area (Å²) < 4.78 is 4.83. The van der Waals surface area contributed by atoms with E-state index in [2.05, 4.69) is 24.1 Å². The van der Waals surface area contributed by atoms with Crippen molar-refractivity contribution < 1.29 is 9.53 Å². The number of rotatable bonds is 5. The van der Waals surface area contributed by atoms with Gasteiger partial charge in [0, 0.05) is 24.2 Å². The van der Waals surface area contributed by atoms with Crippen LogP contribution in [-0.2, 0) is 9.53 Å². The second kappa shape index (κ2) is 4.94. The minimum Gasteiger partial charge on any atom is -0.469 e. The number of likely N-dealkylation sites (N-methyl/N-ethyl adjacent to an activating group) is 1. The fraction of sp³-hybridized carbons (Fsp3) is 0.923. The van der Waals surface area contributed by atoms with E-state index in [1.165, 1.54) is 20.0 Å². The number of ether oxygens (including phenoxy) is 1. The number of hydrogen-bond acceptors (Lipinski definition) is 4. The minimum absolute atomic E-state index is 0.0656. The monoisotopic (exact) mass is 240 g/mol. The Bertz CT molecular complexity index is 291. The van der Waals surface area contributed by atoms with E-state index in [1.54, 1.807) is 0 Å². The zero-order chi connectivity index (χ0) is 12.5. The lowest BCUT2D eigenvalue weighted by molar-refractivity contribution is -0.142. The molecule has 1 aliphatic carbocycles. The first-order valence-electron chi connectivity index (χ1n) is 6.68. The molecule has 0 aromatic carbocycles. The Hall–Kier alpha value is -0.610. The van der Waals surface area contributed by atoms with Gasteiger partial charge >= 0.3 is 5.97 Å². The molecule has 4 heteroatoms. The summed E-state index contributed by atoms with van der Waals surface area (Å²) in [5.41, 5.74) is -0.0656. The molecule has 2 rings (SSSR count). The predicted molar refractivity (Wildman–Crippen MR) is 66.8 cm³/mol. The normalized spacial score (nSPS) is 33.9. The standard InChI is InChI=1S/C13H24N2O2/c1-4-14-13(8-12(16)17-3)7-10(2)15(9-13)11-5-6-11/h10-11,14H,4-9H2,1-3H3. The number of nitrogens with zero attached hydrogens (tertiary/aromatic N) is 1. The van der Waals surface area contributed by atoms with Gasteiger partial charge in [0.1, 0.15) is 0 Å². The quantitative estimate of drug-likeness (QED) is 0.732. The van der Waals surface area contributed by atoms with Gasteiger partial charge < -0.3 is 10.1 Å². The van der Waals surface area contributed by atoms with Crippen LogP contribution in [0.4, 0.5) is 0 Å². The van der Waals surface area contributed by atoms with Crippen molar-refractivity contribution in [3.05, 3.63) is 0 Å². The predicted octanol–water partition coefficient (Wildman–Crippen LogP) is 1.15. The summed E-state index contributed by atoms with van der Waals surface area (Å²) in [5, 5.41) is 3.52. The molecule has 4 nitrogen and oxygen atoms in total. The third kappa shape index (κ3) is 2.80. The molecule has 0 amide bonds. The van der Waals surface area contributed by atoms with E-state index in [0.29, 0.717) is 12.5 Å². The molecular weight excluding hydrogens is 216 g/mol. The van der Waals surface area contributed by atoms with Gasteiger partial charge in [-0.05, 0) is 32.7 Å². The van der Waals surface area contributed by atoms with Gasteiger partial charge in [-0.1, -0.05) is 6.92 Å². The van der Waals surface area contributed by atoms with Gasteiger partial charge in [0.2, 0.25) is 0 Å². The second-order valence-corrected chi connectivity index (χ2v) is 5.52. The highest BCUT2D eigenvalue weighted by molar-refractivity contribution is 5.71. The van der Waals surface area contributed by atoms with Crippen LogP contribution in [0.5, 0.6) is 0 Å². The van der Waals surface area contributed by atoms with Gasteiger partial charge in [-0.25, -0.2) is 0 Å². The third-order valence-corrected chi connectivity index (χ3v) is 4.02. The van der Waals surface area contributed by atoms with Crippen LogP contribution in [0, 0.1) is 0 Å². The first kappa shape index (κ1) is 12.8. The summed E-state index contributed by atoms with van der Waals surface area (Å²) in [6, 6.07) is 1.34. The van der Waals surface area contributed by atoms with Crippen LogP contribution in [0.15, 0.2) is 0 Å². The van der Waals surface area contributed by atoms with E-state index in [9.17, 15) is 4.79 Å². The zero-order valence-corrected chi connectivity index (χ0v) is 11.2. The van der Waals surface area contributed by atoms with E-state index in [4.69, 9.17) is 4.74 Å². The number of carbonyl (C=O) groups is 1. The molecule has 2 fully saturated rings. The Morgan fingerprint density at radius 3 is 2.76 bits per heavy atom. The topological polar surface area (TPSA) is 41.6 Å². The third-order valence-electron chi connectivity index (χ3n) is 4.02. The van der Waals surface area contributed by atoms with Crippen LogP contribution in [0.25, 0.3) is 0 Å². The van der Waals surface area contributed by atoms with Crippen molar-refractivity contribution in [3.63, 3.8) is 0 Å². The Morgan fingerprint density at radius 2 is 2.24 bits per heavy atom. The summed E-state index contributed by atoms with van der Waals surface area (Å²) in [6.45, 7) is 6.27. The highest BCUT2D eigenvalue weighted by atomic mass is 16.5. The van der Waals surface area contributed by atoms with E-state index in [1.807, 2.05) is 0 Å². The molecule has 0 aromatic rings. The molecule has 2 unspecified atom stereocenters. The average molecular weight is 240 g/mol. The maximum Gasteiger partial charge on any atom is 0.307 e. The number of esters is 1. The molecule has 1 heterocycles. The van der Waals surface area contributed by atoms with E-state index in [0.717, 1.165) is 25.6 Å². The SMILES string of the molecule is CCNC1(CC(=O)OC)CC(C)N(C2CC2)C1. The van der Waals surface area contributed by atoms with Crippen molar-refractivity contribution in [2.75, 3.05) is 20.2 Å². The Kier molecular flexibility index (Phi) is 3.73. The van der Waals surface area contributed by atoms with Crippen LogP contribution < -0.4 is 5.32 Å². The van der Waals surface area contributed by atoms with Crippen molar-refractivity contribution >= 4 is 5.97 Å². The van der Waals surface area contributed by atoms with Crippen LogP contribution in [-0.4, -0.2) is 48.7 Å². The first-order chi connectivity index (χ1) is 8.10. The van der Waals surface area contributed by atoms with Crippen molar-refractivity contribution in [1.82, 2.24) is 10.2 Å². The van der Waals surface area contributed by atoms with Crippen molar-refractivity contribution in [2.45, 2.75) is 57.2 Å². The minimum atomic E-state index is -0.101. The fourth-order valence-corrected chi connectivity index (χ4v) is 3.19. The van der Waals surface area contributed by atoms with Gasteiger partial charge in [-0.2, -0.15) is 0 Å². The van der Waals surface area contributed by atoms with Crippen LogP contribution >= 0.6 is 0 Å². The number of likely N-dealkylation sites (tertiary alicyclic amines) is 1. The number of hydrogen-bond donors (Lipinski definition) is 1. The number of methoxy groups -OCH3 is 1. The smallest absolute Gasteiger partial charge is 0.307 e. The molecule has 2 atom stereocenters. The summed E-state index contributed by atoms with van der Waals surface area (Å²) >= 11 is 0. The molecule has 17 heavy (non-hydrogen) atoms. The molecular formula is C13H24N2O2. The lowest BCUT2D eigenvalue weighted by Gasteiger charge is -2.29. The highest BCUT2D eigenvalue weighted by Crippen LogP contribution is 2.38. The van der Waals surface area contributed by atoms with Gasteiger partial charge in [0.25, 0.3) is 0 Å². The molecule has 0 radical (unpaired) electrons. The lowest BCUT2D eigenvalue weighted by atomic mass is 9.92. The second-order valence-electron chi connectivity index (χ2n) is 5.52. The summed E-state index contributed by atoms with van der Waals surface area (Å²) in [4.78, 5) is 14.1. The van der Waals surface area contributed by atoms with Crippen molar-refractivity contribution in [1.29, 1.82) is 0 Å². The Morgan fingerprint density at radius 1 is 1.53 bits per heavy atom. The molecule has 1 aliphatic heterocycles. The Labute approximate surface area is 104 Å². The molecule has 0 spiro atoms. The van der Waals surface area contributed by atoms with E-state index >= 15 is 0 Å². The molecule has 1 saturated heterocycles. The number of nitrogens with one attached hydrogen (secondary N) is 1. The first-order valence-corrected chi connectivity index (χ1v) is 6.68. The maximum absolute atomic E-state index is 11.6. The van der Waals surface area contributed by atoms with Crippen molar-refractivity contribution in [2.24, 2.45) is 0 Å². The average Bonchev–Trinajstić information content (AvgIpc) is 3.06. The van der Waals surface area contributed by atoms with Gasteiger partial charge in [-0.3, -0.25) is 9.69 Å². The van der Waals surface area contributed by atoms with Gasteiger partial charge in [-0.15, -0.1) is 0 Å². The molecule has 98 valence electrons. The summed E-state index contributed by atoms with van der Waals surface area (Å²) in [7, 11) is 1.47. The van der Waals surface area contributed by atoms with Crippen LogP contribution in [0.1, 0.15) is 39.5 Å². The van der Waals surface area contributed by atoms with Crippen molar-refractivity contribution in [3.8, 4) is 0 Å². The van der Waals surface area contributed by atoms with E-state index in [-0.39, 0.29) is 11.5 Å². The van der Waals surface area contributed by atoms with E-state index < -0.39 is 0 Å². The van der Waals surface area contributed by atoms with Crippen LogP contribution in [0.2, 0.25) is 0 Å². The maximum atomic E-state index is 11.6. The molecule has 1 saturated carbocycles. The molecule has 0 bridgehead atoms. The fourth-order valence-electron chi connectivity index (χ4n) is 3.19. The number of carbonyl (C=O) groups excluding carboxylic acids is 1. The highest BCUT2D eigenvalue weighted by Gasteiger charge is 2.47. The Balaban J connectivity index is 2.04. The lowest BCUT2D eigenvalue weighted by Crippen LogP contribution is -2.49. The molecule has 0 aromatic heterocycles. The zero-order valence-electron chi connectivity index (χ0n) is 11.2. The van der Waals surface area contributed by atoms with Crippen LogP contribution in [0.3, 0.4) is 0 Å². The van der Waals surface area contributed by atoms with Gasteiger partial charge in [0.05, 0.1) is 13.5 Å². The summed E-state index contributed by atoms with van der Waals surface area (Å²) in [5.74, 6) is -0.101. The molecule has 1 N–H and O–H groups in total. The summed E-state index contributed by atoms with van der Waals surface area (Å²) in [6.07, 6.45) is 4.19. The van der Waals surface area contributed by atoms with Gasteiger partial charge in [0.15, 0.2) is 0 Å². The largest absolute Gasteiger partial charge is 0.469 e.